The molecule has 0 atom stereocenters. The van der Waals surface area contributed by atoms with E-state index in [0.717, 1.165) is 30.5 Å². The lowest BCUT2D eigenvalue weighted by atomic mass is 10.0. The van der Waals surface area contributed by atoms with Gasteiger partial charge in [0, 0.05) is 18.7 Å². The topological polar surface area (TPSA) is 70.6 Å². The molecular formula is C14H18F3N3O. The summed E-state index contributed by atoms with van der Waals surface area (Å²) in [5, 5.41) is 14.6. The van der Waals surface area contributed by atoms with E-state index in [0.29, 0.717) is 18.7 Å². The van der Waals surface area contributed by atoms with Gasteiger partial charge in [-0.25, -0.2) is 0 Å². The molecule has 0 amide bonds. The van der Waals surface area contributed by atoms with Gasteiger partial charge in [-0.05, 0) is 42.9 Å². The second-order valence-corrected chi connectivity index (χ2v) is 5.65. The maximum atomic E-state index is 12.7. The van der Waals surface area contributed by atoms with Gasteiger partial charge in [0.25, 0.3) is 0 Å². The van der Waals surface area contributed by atoms with Crippen molar-refractivity contribution in [2.75, 3.05) is 11.9 Å². The molecular weight excluding hydrogens is 283 g/mol. The first-order valence-electron chi connectivity index (χ1n) is 6.64. The number of nitrogens with zero attached hydrogens (tertiary/aromatic N) is 1. The third kappa shape index (κ3) is 3.80. The molecule has 0 bridgehead atoms. The van der Waals surface area contributed by atoms with Crippen molar-refractivity contribution in [2.24, 2.45) is 16.3 Å². The second-order valence-electron chi connectivity index (χ2n) is 5.65. The third-order valence-electron chi connectivity index (χ3n) is 3.86. The van der Waals surface area contributed by atoms with E-state index in [9.17, 15) is 13.2 Å². The largest absolute Gasteiger partial charge is 0.416 e. The van der Waals surface area contributed by atoms with Crippen molar-refractivity contribution in [1.82, 2.24) is 0 Å². The molecule has 1 aliphatic carbocycles. The highest BCUT2D eigenvalue weighted by atomic mass is 19.4. The minimum atomic E-state index is -4.35. The first-order valence-corrected chi connectivity index (χ1v) is 6.64. The lowest BCUT2D eigenvalue weighted by Gasteiger charge is -2.18. The van der Waals surface area contributed by atoms with Crippen LogP contribution < -0.4 is 11.1 Å². The number of rotatable bonds is 5. The molecule has 1 aliphatic rings. The Morgan fingerprint density at radius 2 is 2.10 bits per heavy atom. The first kappa shape index (κ1) is 15.5. The van der Waals surface area contributed by atoms with E-state index < -0.39 is 11.7 Å². The minimum absolute atomic E-state index is 0.114. The van der Waals surface area contributed by atoms with Gasteiger partial charge in [0.15, 0.2) is 0 Å². The van der Waals surface area contributed by atoms with Crippen molar-refractivity contribution in [3.05, 3.63) is 29.3 Å². The van der Waals surface area contributed by atoms with Crippen LogP contribution in [0.5, 0.6) is 0 Å². The summed E-state index contributed by atoms with van der Waals surface area (Å²) < 4.78 is 38.1. The molecule has 7 heteroatoms. The zero-order chi connectivity index (χ0) is 15.7. The van der Waals surface area contributed by atoms with Crippen molar-refractivity contribution >= 4 is 11.5 Å². The van der Waals surface area contributed by atoms with Crippen LogP contribution in [0.15, 0.2) is 23.4 Å². The number of oxime groups is 1. The summed E-state index contributed by atoms with van der Waals surface area (Å²) in [7, 11) is 0. The number of hydrogen-bond acceptors (Lipinski definition) is 3. The Hall–Kier alpha value is -1.92. The Morgan fingerprint density at radius 1 is 1.43 bits per heavy atom. The van der Waals surface area contributed by atoms with Crippen molar-refractivity contribution in [3.63, 3.8) is 0 Å². The SMILES string of the molecule is Cc1ccc(C(F)(F)F)cc1NCC1(CC(N)=NO)CC1. The highest BCUT2D eigenvalue weighted by Crippen LogP contribution is 2.49. The Balaban J connectivity index is 2.07. The number of amidine groups is 1. The van der Waals surface area contributed by atoms with Gasteiger partial charge in [0.05, 0.1) is 5.56 Å². The van der Waals surface area contributed by atoms with E-state index in [1.54, 1.807) is 6.92 Å². The van der Waals surface area contributed by atoms with Gasteiger partial charge < -0.3 is 16.3 Å². The number of hydrogen-bond donors (Lipinski definition) is 3. The molecule has 116 valence electrons. The Labute approximate surface area is 120 Å². The Morgan fingerprint density at radius 3 is 2.62 bits per heavy atom. The summed E-state index contributed by atoms with van der Waals surface area (Å²) in [4.78, 5) is 0. The van der Waals surface area contributed by atoms with Crippen molar-refractivity contribution in [3.8, 4) is 0 Å². The monoisotopic (exact) mass is 301 g/mol. The standard InChI is InChI=1S/C14H18F3N3O/c1-9-2-3-10(14(15,16)17)6-11(9)19-8-13(4-5-13)7-12(18)20-21/h2-3,6,19,21H,4-5,7-8H2,1H3,(H2,18,20). The molecule has 4 N–H and O–H groups in total. The predicted molar refractivity (Wildman–Crippen MR) is 74.4 cm³/mol. The normalized spacial score (nSPS) is 17.6. The molecule has 0 aliphatic heterocycles. The fourth-order valence-electron chi connectivity index (χ4n) is 2.28. The number of nitrogens with two attached hydrogens (primary N) is 1. The molecule has 0 unspecified atom stereocenters. The molecule has 1 fully saturated rings. The smallest absolute Gasteiger partial charge is 0.409 e. The van der Waals surface area contributed by atoms with Gasteiger partial charge in [-0.1, -0.05) is 11.2 Å². The number of benzene rings is 1. The summed E-state index contributed by atoms with van der Waals surface area (Å²) >= 11 is 0. The van der Waals surface area contributed by atoms with Gasteiger partial charge >= 0.3 is 6.18 Å². The minimum Gasteiger partial charge on any atom is -0.409 e. The van der Waals surface area contributed by atoms with Crippen LogP contribution in [0, 0.1) is 12.3 Å². The molecule has 0 aromatic heterocycles. The van der Waals surface area contributed by atoms with E-state index in [4.69, 9.17) is 10.9 Å². The molecule has 1 aromatic rings. The lowest BCUT2D eigenvalue weighted by Crippen LogP contribution is -2.24. The van der Waals surface area contributed by atoms with Crippen molar-refractivity contribution < 1.29 is 18.4 Å². The number of aryl methyl sites for hydroxylation is 1. The average Bonchev–Trinajstić information content (AvgIpc) is 3.16. The van der Waals surface area contributed by atoms with Crippen molar-refractivity contribution in [2.45, 2.75) is 32.4 Å². The van der Waals surface area contributed by atoms with E-state index >= 15 is 0 Å². The molecule has 0 heterocycles. The van der Waals surface area contributed by atoms with Crippen LogP contribution in [0.1, 0.15) is 30.4 Å². The molecule has 4 nitrogen and oxygen atoms in total. The zero-order valence-electron chi connectivity index (χ0n) is 11.7. The molecule has 21 heavy (non-hydrogen) atoms. The van der Waals surface area contributed by atoms with Gasteiger partial charge in [-0.3, -0.25) is 0 Å². The van der Waals surface area contributed by atoms with Gasteiger partial charge in [-0.2, -0.15) is 13.2 Å². The van der Waals surface area contributed by atoms with Crippen molar-refractivity contribution in [1.29, 1.82) is 0 Å². The first-order chi connectivity index (χ1) is 9.76. The van der Waals surface area contributed by atoms with Crippen LogP contribution in [0.3, 0.4) is 0 Å². The molecule has 2 rings (SSSR count). The van der Waals surface area contributed by atoms with Crippen LogP contribution in [0.2, 0.25) is 0 Å². The summed E-state index contributed by atoms with van der Waals surface area (Å²) in [5.74, 6) is 0.148. The third-order valence-corrected chi connectivity index (χ3v) is 3.86. The molecule has 0 saturated heterocycles. The maximum Gasteiger partial charge on any atom is 0.416 e. The number of anilines is 1. The van der Waals surface area contributed by atoms with Crippen LogP contribution >= 0.6 is 0 Å². The molecule has 0 spiro atoms. The van der Waals surface area contributed by atoms with Crippen LogP contribution in [0.25, 0.3) is 0 Å². The Kier molecular flexibility index (Phi) is 4.02. The fourth-order valence-corrected chi connectivity index (χ4v) is 2.28. The summed E-state index contributed by atoms with van der Waals surface area (Å²) in [6.07, 6.45) is -2.09. The van der Waals surface area contributed by atoms with Gasteiger partial charge in [-0.15, -0.1) is 0 Å². The second kappa shape index (κ2) is 5.46. The van der Waals surface area contributed by atoms with E-state index in [-0.39, 0.29) is 11.3 Å². The highest BCUT2D eigenvalue weighted by molar-refractivity contribution is 5.80. The molecule has 1 saturated carbocycles. The van der Waals surface area contributed by atoms with Gasteiger partial charge in [0.2, 0.25) is 0 Å². The number of halogens is 3. The summed E-state index contributed by atoms with van der Waals surface area (Å²) in [6, 6.07) is 3.65. The predicted octanol–water partition coefficient (Wildman–Crippen LogP) is 3.34. The number of nitrogens with one attached hydrogen (secondary N) is 1. The number of alkyl halides is 3. The van der Waals surface area contributed by atoms with Crippen LogP contribution in [-0.2, 0) is 6.18 Å². The zero-order valence-corrected chi connectivity index (χ0v) is 11.7. The average molecular weight is 301 g/mol. The Bertz CT molecular complexity index is 551. The quantitative estimate of drug-likeness (QED) is 0.338. The van der Waals surface area contributed by atoms with Crippen LogP contribution in [-0.4, -0.2) is 17.6 Å². The summed E-state index contributed by atoms with van der Waals surface area (Å²) in [6.45, 7) is 2.26. The molecule has 1 aromatic carbocycles. The van der Waals surface area contributed by atoms with E-state index in [1.165, 1.54) is 6.07 Å². The maximum absolute atomic E-state index is 12.7. The summed E-state index contributed by atoms with van der Waals surface area (Å²) in [5.41, 5.74) is 5.94. The lowest BCUT2D eigenvalue weighted by molar-refractivity contribution is -0.137. The molecule has 0 radical (unpaired) electrons. The fraction of sp³-hybridized carbons (Fsp3) is 0.500. The van der Waals surface area contributed by atoms with Gasteiger partial charge in [0.1, 0.15) is 5.84 Å². The van der Waals surface area contributed by atoms with E-state index in [2.05, 4.69) is 10.5 Å². The highest BCUT2D eigenvalue weighted by Gasteiger charge is 2.43. The van der Waals surface area contributed by atoms with E-state index in [1.807, 2.05) is 0 Å². The van der Waals surface area contributed by atoms with Crippen LogP contribution in [0.4, 0.5) is 18.9 Å².